The summed E-state index contributed by atoms with van der Waals surface area (Å²) in [5, 5.41) is 0. The molecular weight excluding hydrogens is 286 g/mol. The molecule has 0 saturated heterocycles. The predicted octanol–water partition coefficient (Wildman–Crippen LogP) is 4.61. The van der Waals surface area contributed by atoms with Crippen molar-refractivity contribution >= 4 is 5.97 Å². The highest BCUT2D eigenvalue weighted by molar-refractivity contribution is 5.69. The number of carbonyl (C=O) groups excluding carboxylic acids is 1. The van der Waals surface area contributed by atoms with Crippen LogP contribution in [0.1, 0.15) is 53.8 Å². The van der Waals surface area contributed by atoms with Gasteiger partial charge in [0.1, 0.15) is 6.10 Å². The Labute approximate surface area is 137 Å². The molecule has 1 atom stereocenters. The summed E-state index contributed by atoms with van der Waals surface area (Å²) in [6, 6.07) is 8.62. The average Bonchev–Trinajstić information content (AvgIpc) is 2.46. The summed E-state index contributed by atoms with van der Waals surface area (Å²) in [4.78, 5) is 16.3. The largest absolute Gasteiger partial charge is 0.456 e. The molecule has 1 aliphatic rings. The van der Waals surface area contributed by atoms with Crippen molar-refractivity contribution < 1.29 is 9.53 Å². The lowest BCUT2D eigenvalue weighted by Crippen LogP contribution is -2.17. The fraction of sp³-hybridized carbons (Fsp3) is 0.400. The molecule has 3 rings (SSSR count). The maximum absolute atomic E-state index is 11.4. The zero-order chi connectivity index (χ0) is 16.6. The first-order valence-corrected chi connectivity index (χ1v) is 8.21. The van der Waals surface area contributed by atoms with Crippen LogP contribution in [-0.4, -0.2) is 11.0 Å². The standard InChI is InChI=1S/C20H23NO2/c1-12-10-13(2)19(14(3)11-12)17-9-8-16-6-5-7-18(20(16)21-17)23-15(4)22/h8-11,18H,5-7H2,1-4H3/t18-/m0/s1. The molecule has 0 spiro atoms. The smallest absolute Gasteiger partial charge is 0.303 e. The van der Waals surface area contributed by atoms with Crippen molar-refractivity contribution in [3.8, 4) is 11.3 Å². The summed E-state index contributed by atoms with van der Waals surface area (Å²) in [5.41, 5.74) is 8.02. The van der Waals surface area contributed by atoms with Crippen molar-refractivity contribution in [3.63, 3.8) is 0 Å². The predicted molar refractivity (Wildman–Crippen MR) is 91.3 cm³/mol. The topological polar surface area (TPSA) is 39.2 Å². The van der Waals surface area contributed by atoms with Crippen molar-refractivity contribution in [1.29, 1.82) is 0 Å². The van der Waals surface area contributed by atoms with E-state index in [1.807, 2.05) is 0 Å². The zero-order valence-corrected chi connectivity index (χ0v) is 14.3. The molecule has 3 heteroatoms. The number of aromatic nitrogens is 1. The van der Waals surface area contributed by atoms with Gasteiger partial charge in [0.05, 0.1) is 11.4 Å². The highest BCUT2D eigenvalue weighted by atomic mass is 16.5. The maximum Gasteiger partial charge on any atom is 0.303 e. The van der Waals surface area contributed by atoms with E-state index in [1.54, 1.807) is 0 Å². The molecule has 0 fully saturated rings. The Morgan fingerprint density at radius 2 is 1.87 bits per heavy atom. The second-order valence-corrected chi connectivity index (χ2v) is 6.50. The Morgan fingerprint density at radius 3 is 2.52 bits per heavy atom. The van der Waals surface area contributed by atoms with Gasteiger partial charge in [0.25, 0.3) is 0 Å². The van der Waals surface area contributed by atoms with Crippen LogP contribution in [0.4, 0.5) is 0 Å². The van der Waals surface area contributed by atoms with E-state index in [9.17, 15) is 4.79 Å². The molecule has 0 radical (unpaired) electrons. The molecule has 1 aliphatic carbocycles. The second kappa shape index (κ2) is 6.15. The number of pyridine rings is 1. The van der Waals surface area contributed by atoms with Crippen LogP contribution in [0.2, 0.25) is 0 Å². The summed E-state index contributed by atoms with van der Waals surface area (Å²) in [6.45, 7) is 7.83. The highest BCUT2D eigenvalue weighted by Crippen LogP contribution is 2.34. The monoisotopic (exact) mass is 309 g/mol. The van der Waals surface area contributed by atoms with Gasteiger partial charge in [0.2, 0.25) is 0 Å². The number of esters is 1. The van der Waals surface area contributed by atoms with Gasteiger partial charge in [-0.25, -0.2) is 4.98 Å². The number of fused-ring (bicyclic) bond motifs is 1. The number of aryl methyl sites for hydroxylation is 4. The van der Waals surface area contributed by atoms with E-state index in [-0.39, 0.29) is 12.1 Å². The maximum atomic E-state index is 11.4. The van der Waals surface area contributed by atoms with E-state index in [2.05, 4.69) is 45.0 Å². The number of ether oxygens (including phenoxy) is 1. The average molecular weight is 309 g/mol. The third kappa shape index (κ3) is 3.14. The molecule has 0 aliphatic heterocycles. The summed E-state index contributed by atoms with van der Waals surface area (Å²) in [5.74, 6) is -0.238. The minimum Gasteiger partial charge on any atom is -0.456 e. The van der Waals surface area contributed by atoms with Crippen LogP contribution in [0.3, 0.4) is 0 Å². The van der Waals surface area contributed by atoms with Crippen LogP contribution in [-0.2, 0) is 16.0 Å². The van der Waals surface area contributed by atoms with Crippen LogP contribution in [0.15, 0.2) is 24.3 Å². The normalized spacial score (nSPS) is 16.8. The molecule has 0 amide bonds. The lowest BCUT2D eigenvalue weighted by Gasteiger charge is -2.25. The van der Waals surface area contributed by atoms with Crippen molar-refractivity contribution in [3.05, 3.63) is 52.2 Å². The van der Waals surface area contributed by atoms with E-state index < -0.39 is 0 Å². The van der Waals surface area contributed by atoms with Gasteiger partial charge in [0, 0.05) is 12.5 Å². The Hall–Kier alpha value is -2.16. The number of hydrogen-bond donors (Lipinski definition) is 0. The second-order valence-electron chi connectivity index (χ2n) is 6.50. The molecule has 2 aromatic rings. The Balaban J connectivity index is 2.08. The summed E-state index contributed by atoms with van der Waals surface area (Å²) in [6.07, 6.45) is 2.69. The molecule has 23 heavy (non-hydrogen) atoms. The minimum absolute atomic E-state index is 0.206. The van der Waals surface area contributed by atoms with Crippen molar-refractivity contribution in [2.75, 3.05) is 0 Å². The van der Waals surface area contributed by atoms with Gasteiger partial charge in [-0.1, -0.05) is 23.8 Å². The molecule has 1 heterocycles. The molecule has 0 unspecified atom stereocenters. The van der Waals surface area contributed by atoms with E-state index in [1.165, 1.54) is 34.7 Å². The molecule has 3 nitrogen and oxygen atoms in total. The van der Waals surface area contributed by atoms with Gasteiger partial charge in [-0.15, -0.1) is 0 Å². The van der Waals surface area contributed by atoms with Gasteiger partial charge >= 0.3 is 5.97 Å². The van der Waals surface area contributed by atoms with Crippen LogP contribution in [0.25, 0.3) is 11.3 Å². The quantitative estimate of drug-likeness (QED) is 0.760. The highest BCUT2D eigenvalue weighted by Gasteiger charge is 2.25. The van der Waals surface area contributed by atoms with E-state index in [0.29, 0.717) is 0 Å². The molecule has 1 aromatic carbocycles. The van der Waals surface area contributed by atoms with Gasteiger partial charge in [-0.2, -0.15) is 0 Å². The molecule has 1 aromatic heterocycles. The van der Waals surface area contributed by atoms with Gasteiger partial charge < -0.3 is 4.74 Å². The Kier molecular flexibility index (Phi) is 4.20. The van der Waals surface area contributed by atoms with E-state index in [0.717, 1.165) is 30.7 Å². The third-order valence-electron chi connectivity index (χ3n) is 4.47. The summed E-state index contributed by atoms with van der Waals surface area (Å²) < 4.78 is 5.49. The van der Waals surface area contributed by atoms with E-state index >= 15 is 0 Å². The zero-order valence-electron chi connectivity index (χ0n) is 14.3. The SMILES string of the molecule is CC(=O)O[C@H]1CCCc2ccc(-c3c(C)cc(C)cc3C)nc21. The first kappa shape index (κ1) is 15.7. The molecular formula is C20H23NO2. The number of hydrogen-bond acceptors (Lipinski definition) is 3. The third-order valence-corrected chi connectivity index (χ3v) is 4.47. The fourth-order valence-corrected chi connectivity index (χ4v) is 3.65. The Bertz CT molecular complexity index is 741. The van der Waals surface area contributed by atoms with Crippen LogP contribution in [0, 0.1) is 20.8 Å². The van der Waals surface area contributed by atoms with Crippen molar-refractivity contribution in [2.24, 2.45) is 0 Å². The van der Waals surface area contributed by atoms with Crippen molar-refractivity contribution in [2.45, 2.75) is 53.1 Å². The minimum atomic E-state index is -0.238. The first-order valence-electron chi connectivity index (χ1n) is 8.21. The molecule has 0 N–H and O–H groups in total. The van der Waals surface area contributed by atoms with Crippen LogP contribution in [0.5, 0.6) is 0 Å². The number of nitrogens with zero attached hydrogens (tertiary/aromatic N) is 1. The Morgan fingerprint density at radius 1 is 1.17 bits per heavy atom. The molecule has 0 bridgehead atoms. The van der Waals surface area contributed by atoms with Crippen LogP contribution >= 0.6 is 0 Å². The number of benzene rings is 1. The van der Waals surface area contributed by atoms with Gasteiger partial charge in [-0.3, -0.25) is 4.79 Å². The van der Waals surface area contributed by atoms with Gasteiger partial charge in [-0.05, 0) is 62.8 Å². The summed E-state index contributed by atoms with van der Waals surface area (Å²) >= 11 is 0. The first-order chi connectivity index (χ1) is 11.0. The summed E-state index contributed by atoms with van der Waals surface area (Å²) in [7, 11) is 0. The molecule has 120 valence electrons. The van der Waals surface area contributed by atoms with E-state index in [4.69, 9.17) is 9.72 Å². The fourth-order valence-electron chi connectivity index (χ4n) is 3.65. The van der Waals surface area contributed by atoms with Crippen LogP contribution < -0.4 is 0 Å². The lowest BCUT2D eigenvalue weighted by atomic mass is 9.91. The lowest BCUT2D eigenvalue weighted by molar-refractivity contribution is -0.147. The number of rotatable bonds is 2. The van der Waals surface area contributed by atoms with Crippen molar-refractivity contribution in [1.82, 2.24) is 4.98 Å². The molecule has 0 saturated carbocycles. The van der Waals surface area contributed by atoms with Gasteiger partial charge in [0.15, 0.2) is 0 Å². The number of carbonyl (C=O) groups is 1.